The smallest absolute Gasteiger partial charge is 0.374 e. The summed E-state index contributed by atoms with van der Waals surface area (Å²) in [5.41, 5.74) is 1.96. The molecule has 0 spiro atoms. The van der Waals surface area contributed by atoms with E-state index in [4.69, 9.17) is 5.11 Å². The number of hydrogen-bond acceptors (Lipinski definition) is 1. The number of aliphatic carboxylic acids is 1. The molecule has 1 aliphatic rings. The molecule has 0 bridgehead atoms. The second-order valence-corrected chi connectivity index (χ2v) is 4.50. The van der Waals surface area contributed by atoms with Gasteiger partial charge in [-0.1, -0.05) is 24.3 Å². The van der Waals surface area contributed by atoms with E-state index in [0.717, 1.165) is 24.0 Å². The van der Waals surface area contributed by atoms with Crippen molar-refractivity contribution in [2.45, 2.75) is 37.5 Å². The van der Waals surface area contributed by atoms with Crippen molar-refractivity contribution in [3.05, 3.63) is 35.4 Å². The zero-order chi connectivity index (χ0) is 12.5. The summed E-state index contributed by atoms with van der Waals surface area (Å²) in [5.74, 6) is -6.00. The summed E-state index contributed by atoms with van der Waals surface area (Å²) in [6.07, 6.45) is 1.78. The van der Waals surface area contributed by atoms with Crippen molar-refractivity contribution in [1.29, 1.82) is 0 Å². The van der Waals surface area contributed by atoms with Crippen LogP contribution in [0, 0.1) is 0 Å². The first-order chi connectivity index (χ1) is 8.00. The standard InChI is InChI=1S/C13H14F2O2/c14-13(15,12(16)17)8-10-6-3-5-9-4-1-2-7-11(9)10/h1-2,4,7,10H,3,5-6,8H2,(H,16,17). The van der Waals surface area contributed by atoms with E-state index in [2.05, 4.69) is 0 Å². The minimum Gasteiger partial charge on any atom is -0.477 e. The molecule has 0 aliphatic heterocycles. The van der Waals surface area contributed by atoms with Crippen LogP contribution in [0.3, 0.4) is 0 Å². The van der Waals surface area contributed by atoms with Crippen molar-refractivity contribution >= 4 is 5.97 Å². The van der Waals surface area contributed by atoms with Crippen molar-refractivity contribution in [2.24, 2.45) is 0 Å². The molecule has 0 saturated heterocycles. The molecule has 2 rings (SSSR count). The first kappa shape index (κ1) is 12.0. The SMILES string of the molecule is O=C(O)C(F)(F)CC1CCCc2ccccc21. The van der Waals surface area contributed by atoms with E-state index in [1.807, 2.05) is 24.3 Å². The van der Waals surface area contributed by atoms with Gasteiger partial charge in [0.25, 0.3) is 0 Å². The topological polar surface area (TPSA) is 37.3 Å². The van der Waals surface area contributed by atoms with E-state index >= 15 is 0 Å². The molecule has 1 unspecified atom stereocenters. The summed E-state index contributed by atoms with van der Waals surface area (Å²) in [6.45, 7) is 0. The van der Waals surface area contributed by atoms with E-state index in [1.54, 1.807) is 0 Å². The van der Waals surface area contributed by atoms with Crippen LogP contribution in [0.15, 0.2) is 24.3 Å². The minimum absolute atomic E-state index is 0.342. The molecule has 0 saturated carbocycles. The number of hydrogen-bond donors (Lipinski definition) is 1. The summed E-state index contributed by atoms with van der Waals surface area (Å²) < 4.78 is 26.5. The monoisotopic (exact) mass is 240 g/mol. The molecule has 0 fully saturated rings. The molecule has 2 nitrogen and oxygen atoms in total. The Balaban J connectivity index is 2.22. The van der Waals surface area contributed by atoms with E-state index in [0.29, 0.717) is 6.42 Å². The van der Waals surface area contributed by atoms with Gasteiger partial charge in [0, 0.05) is 6.42 Å². The molecule has 0 aromatic heterocycles. The van der Waals surface area contributed by atoms with Gasteiger partial charge in [-0.2, -0.15) is 8.78 Å². The maximum absolute atomic E-state index is 13.2. The van der Waals surface area contributed by atoms with Crippen molar-refractivity contribution in [3.8, 4) is 0 Å². The third-order valence-corrected chi connectivity index (χ3v) is 3.31. The fraction of sp³-hybridized carbons (Fsp3) is 0.462. The molecule has 1 N–H and O–H groups in total. The Morgan fingerprint density at radius 2 is 2.12 bits per heavy atom. The number of benzene rings is 1. The lowest BCUT2D eigenvalue weighted by molar-refractivity contribution is -0.166. The highest BCUT2D eigenvalue weighted by Crippen LogP contribution is 2.38. The molecule has 1 aromatic rings. The van der Waals surface area contributed by atoms with Crippen LogP contribution < -0.4 is 0 Å². The first-order valence-corrected chi connectivity index (χ1v) is 5.70. The fourth-order valence-corrected chi connectivity index (χ4v) is 2.46. The van der Waals surface area contributed by atoms with Crippen molar-refractivity contribution < 1.29 is 18.7 Å². The normalized spacial score (nSPS) is 19.8. The lowest BCUT2D eigenvalue weighted by atomic mass is 9.80. The van der Waals surface area contributed by atoms with Gasteiger partial charge in [0.05, 0.1) is 0 Å². The second-order valence-electron chi connectivity index (χ2n) is 4.50. The average Bonchev–Trinajstić information content (AvgIpc) is 2.29. The predicted molar refractivity (Wildman–Crippen MR) is 59.3 cm³/mol. The Hall–Kier alpha value is -1.45. The Labute approximate surface area is 98.3 Å². The number of halogens is 2. The highest BCUT2D eigenvalue weighted by atomic mass is 19.3. The van der Waals surface area contributed by atoms with Crippen LogP contribution in [-0.4, -0.2) is 17.0 Å². The maximum Gasteiger partial charge on any atom is 0.374 e. The largest absolute Gasteiger partial charge is 0.477 e. The van der Waals surface area contributed by atoms with Crippen LogP contribution in [0.25, 0.3) is 0 Å². The molecular formula is C13H14F2O2. The number of rotatable bonds is 3. The minimum atomic E-state index is -3.63. The van der Waals surface area contributed by atoms with Crippen LogP contribution >= 0.6 is 0 Å². The van der Waals surface area contributed by atoms with Crippen molar-refractivity contribution in [3.63, 3.8) is 0 Å². The third-order valence-electron chi connectivity index (χ3n) is 3.31. The Morgan fingerprint density at radius 1 is 1.41 bits per heavy atom. The van der Waals surface area contributed by atoms with Crippen LogP contribution in [0.1, 0.15) is 36.3 Å². The summed E-state index contributed by atoms with van der Waals surface area (Å²) >= 11 is 0. The lowest BCUT2D eigenvalue weighted by Gasteiger charge is -2.27. The number of carboxylic acids is 1. The van der Waals surface area contributed by atoms with Gasteiger partial charge >= 0.3 is 11.9 Å². The average molecular weight is 240 g/mol. The van der Waals surface area contributed by atoms with E-state index in [9.17, 15) is 13.6 Å². The van der Waals surface area contributed by atoms with Crippen LogP contribution in [0.5, 0.6) is 0 Å². The second kappa shape index (κ2) is 4.43. The molecule has 92 valence electrons. The summed E-state index contributed by atoms with van der Waals surface area (Å²) in [4.78, 5) is 10.5. The predicted octanol–water partition coefficient (Wildman–Crippen LogP) is 3.22. The summed E-state index contributed by atoms with van der Waals surface area (Å²) in [5, 5.41) is 8.47. The van der Waals surface area contributed by atoms with Crippen LogP contribution in [-0.2, 0) is 11.2 Å². The molecule has 1 atom stereocenters. The number of alkyl halides is 2. The third kappa shape index (κ3) is 2.46. The summed E-state index contributed by atoms with van der Waals surface area (Å²) in [7, 11) is 0. The molecule has 1 aromatic carbocycles. The van der Waals surface area contributed by atoms with E-state index < -0.39 is 18.3 Å². The fourth-order valence-electron chi connectivity index (χ4n) is 2.46. The molecule has 4 heteroatoms. The Morgan fingerprint density at radius 3 is 2.82 bits per heavy atom. The molecule has 0 amide bonds. The van der Waals surface area contributed by atoms with Crippen molar-refractivity contribution in [1.82, 2.24) is 0 Å². The van der Waals surface area contributed by atoms with Crippen LogP contribution in [0.2, 0.25) is 0 Å². The highest BCUT2D eigenvalue weighted by Gasteiger charge is 2.42. The van der Waals surface area contributed by atoms with Gasteiger partial charge in [-0.15, -0.1) is 0 Å². The number of carbonyl (C=O) groups is 1. The highest BCUT2D eigenvalue weighted by molar-refractivity contribution is 5.75. The zero-order valence-electron chi connectivity index (χ0n) is 9.33. The lowest BCUT2D eigenvalue weighted by Crippen LogP contribution is -2.31. The molecular weight excluding hydrogens is 226 g/mol. The number of aryl methyl sites for hydroxylation is 1. The molecule has 0 radical (unpaired) electrons. The first-order valence-electron chi connectivity index (χ1n) is 5.70. The van der Waals surface area contributed by atoms with E-state index in [1.165, 1.54) is 0 Å². The molecule has 0 heterocycles. The zero-order valence-corrected chi connectivity index (χ0v) is 9.33. The Bertz CT molecular complexity index is 429. The van der Waals surface area contributed by atoms with Gasteiger partial charge in [-0.25, -0.2) is 4.79 Å². The van der Waals surface area contributed by atoms with Gasteiger partial charge in [0.15, 0.2) is 0 Å². The summed E-state index contributed by atoms with van der Waals surface area (Å²) in [6, 6.07) is 7.46. The molecule has 17 heavy (non-hydrogen) atoms. The quantitative estimate of drug-likeness (QED) is 0.880. The van der Waals surface area contributed by atoms with Gasteiger partial charge < -0.3 is 5.11 Å². The van der Waals surface area contributed by atoms with Gasteiger partial charge in [0.1, 0.15) is 0 Å². The number of carboxylic acid groups (broad SMARTS) is 1. The van der Waals surface area contributed by atoms with E-state index in [-0.39, 0.29) is 5.92 Å². The Kier molecular flexibility index (Phi) is 3.13. The van der Waals surface area contributed by atoms with Gasteiger partial charge in [-0.05, 0) is 36.3 Å². The van der Waals surface area contributed by atoms with Crippen molar-refractivity contribution in [2.75, 3.05) is 0 Å². The maximum atomic E-state index is 13.2. The van der Waals surface area contributed by atoms with Gasteiger partial charge in [-0.3, -0.25) is 0 Å². The van der Waals surface area contributed by atoms with Gasteiger partial charge in [0.2, 0.25) is 0 Å². The van der Waals surface area contributed by atoms with Crippen LogP contribution in [0.4, 0.5) is 8.78 Å². The molecule has 1 aliphatic carbocycles. The number of fused-ring (bicyclic) bond motifs is 1.